The average Bonchev–Trinajstić information content (AvgIpc) is 2.49. The van der Waals surface area contributed by atoms with Crippen LogP contribution >= 0.6 is 0 Å². The topological polar surface area (TPSA) is 84.7 Å². The second-order valence-corrected chi connectivity index (χ2v) is 5.64. The van der Waals surface area contributed by atoms with E-state index in [-0.39, 0.29) is 11.9 Å². The standard InChI is InChI=1S/C9H18N2O.C7H12O2.C2H7N/c1-8(9(10)12)6-4-5-7-11(2)3;1-4-5-9-7(8)6(2)3;1-3-2/h1,4-7H2,2-3H3,(H2,10,12);2,4-5H2,1,3H3;3H,1-2H3. The summed E-state index contributed by atoms with van der Waals surface area (Å²) in [6.07, 6.45) is 3.65. The Morgan fingerprint density at radius 2 is 1.67 bits per heavy atom. The molecule has 3 N–H and O–H groups in total. The highest BCUT2D eigenvalue weighted by molar-refractivity contribution is 5.91. The van der Waals surface area contributed by atoms with Gasteiger partial charge in [0.1, 0.15) is 0 Å². The van der Waals surface area contributed by atoms with E-state index in [0.717, 1.165) is 32.2 Å². The number of hydrogen-bond acceptors (Lipinski definition) is 5. The number of unbranched alkanes of at least 4 members (excludes halogenated alkanes) is 1. The van der Waals surface area contributed by atoms with E-state index in [1.165, 1.54) is 0 Å². The number of hydrogen-bond donors (Lipinski definition) is 2. The van der Waals surface area contributed by atoms with Crippen molar-refractivity contribution in [3.05, 3.63) is 24.3 Å². The number of carbonyl (C=O) groups is 2. The van der Waals surface area contributed by atoms with Crippen LogP contribution in [0.4, 0.5) is 0 Å². The van der Waals surface area contributed by atoms with E-state index in [9.17, 15) is 9.59 Å². The third kappa shape index (κ3) is 25.3. The molecule has 0 aromatic carbocycles. The third-order valence-corrected chi connectivity index (χ3v) is 2.47. The molecule has 0 bridgehead atoms. The smallest absolute Gasteiger partial charge is 0.333 e. The molecule has 0 rings (SSSR count). The molecule has 0 aromatic heterocycles. The second-order valence-electron chi connectivity index (χ2n) is 5.64. The van der Waals surface area contributed by atoms with Gasteiger partial charge in [0.2, 0.25) is 5.91 Å². The first kappa shape index (κ1) is 27.2. The molecule has 0 unspecified atom stereocenters. The first-order valence-corrected chi connectivity index (χ1v) is 8.17. The van der Waals surface area contributed by atoms with Crippen LogP contribution in [0.15, 0.2) is 24.3 Å². The molecule has 0 radical (unpaired) electrons. The maximum atomic E-state index is 10.6. The summed E-state index contributed by atoms with van der Waals surface area (Å²) in [7, 11) is 7.81. The molecule has 0 aliphatic rings. The van der Waals surface area contributed by atoms with Crippen LogP contribution in [-0.2, 0) is 14.3 Å². The van der Waals surface area contributed by atoms with Crippen molar-refractivity contribution in [1.29, 1.82) is 0 Å². The van der Waals surface area contributed by atoms with Crippen LogP contribution in [-0.4, -0.2) is 58.1 Å². The van der Waals surface area contributed by atoms with Crippen LogP contribution in [0.1, 0.15) is 39.5 Å². The zero-order valence-electron chi connectivity index (χ0n) is 16.4. The second kappa shape index (κ2) is 19.4. The summed E-state index contributed by atoms with van der Waals surface area (Å²) in [4.78, 5) is 23.2. The Morgan fingerprint density at radius 1 is 1.17 bits per heavy atom. The van der Waals surface area contributed by atoms with Crippen molar-refractivity contribution in [1.82, 2.24) is 10.2 Å². The summed E-state index contributed by atoms with van der Waals surface area (Å²) in [5, 5.41) is 2.75. The van der Waals surface area contributed by atoms with Crippen molar-refractivity contribution < 1.29 is 14.3 Å². The van der Waals surface area contributed by atoms with E-state index in [0.29, 0.717) is 17.8 Å². The highest BCUT2D eigenvalue weighted by atomic mass is 16.5. The number of ether oxygens (including phenoxy) is 1. The summed E-state index contributed by atoms with van der Waals surface area (Å²) in [5.41, 5.74) is 6.03. The lowest BCUT2D eigenvalue weighted by atomic mass is 10.1. The monoisotopic (exact) mass is 343 g/mol. The molecule has 142 valence electrons. The van der Waals surface area contributed by atoms with Crippen LogP contribution in [0.2, 0.25) is 0 Å². The minimum Gasteiger partial charge on any atom is -0.462 e. The Balaban J connectivity index is -0.000000324. The molecule has 0 saturated heterocycles. The van der Waals surface area contributed by atoms with Gasteiger partial charge in [0.15, 0.2) is 0 Å². The molecule has 0 saturated carbocycles. The Hall–Kier alpha value is -1.66. The van der Waals surface area contributed by atoms with E-state index in [1.807, 2.05) is 35.1 Å². The molecule has 0 spiro atoms. The first-order chi connectivity index (χ1) is 11.1. The Labute approximate surface area is 148 Å². The van der Waals surface area contributed by atoms with Gasteiger partial charge in [-0.15, -0.1) is 0 Å². The maximum Gasteiger partial charge on any atom is 0.333 e. The van der Waals surface area contributed by atoms with Gasteiger partial charge in [-0.2, -0.15) is 0 Å². The zero-order valence-corrected chi connectivity index (χ0v) is 16.4. The van der Waals surface area contributed by atoms with Crippen molar-refractivity contribution in [2.24, 2.45) is 5.73 Å². The summed E-state index contributed by atoms with van der Waals surface area (Å²) in [6, 6.07) is 0. The van der Waals surface area contributed by atoms with Gasteiger partial charge in [0, 0.05) is 11.1 Å². The predicted octanol–water partition coefficient (Wildman–Crippen LogP) is 2.11. The van der Waals surface area contributed by atoms with E-state index in [4.69, 9.17) is 10.5 Å². The molecule has 0 aliphatic carbocycles. The minimum atomic E-state index is -0.375. The fourth-order valence-corrected chi connectivity index (χ4v) is 1.21. The molecule has 6 heteroatoms. The van der Waals surface area contributed by atoms with Crippen LogP contribution in [0.25, 0.3) is 0 Å². The Morgan fingerprint density at radius 3 is 2.00 bits per heavy atom. The number of amides is 1. The van der Waals surface area contributed by atoms with Gasteiger partial charge in [-0.1, -0.05) is 20.1 Å². The SMILES string of the molecule is C=C(C)C(=O)OCCC.C=C(CCCCN(C)C)C(N)=O.CNC. The van der Waals surface area contributed by atoms with Crippen LogP contribution in [0.3, 0.4) is 0 Å². The number of primary amides is 1. The van der Waals surface area contributed by atoms with E-state index >= 15 is 0 Å². The first-order valence-electron chi connectivity index (χ1n) is 8.17. The number of nitrogens with zero attached hydrogens (tertiary/aromatic N) is 1. The highest BCUT2D eigenvalue weighted by Crippen LogP contribution is 2.04. The molecular weight excluding hydrogens is 306 g/mol. The highest BCUT2D eigenvalue weighted by Gasteiger charge is 2.00. The van der Waals surface area contributed by atoms with Crippen LogP contribution in [0.5, 0.6) is 0 Å². The summed E-state index contributed by atoms with van der Waals surface area (Å²) < 4.78 is 4.71. The van der Waals surface area contributed by atoms with Gasteiger partial charge in [-0.3, -0.25) is 4.79 Å². The fourth-order valence-electron chi connectivity index (χ4n) is 1.21. The Kier molecular flexibility index (Phi) is 22.0. The molecule has 0 aromatic rings. The molecule has 0 heterocycles. The average molecular weight is 344 g/mol. The number of rotatable bonds is 9. The zero-order chi connectivity index (χ0) is 19.5. The van der Waals surface area contributed by atoms with E-state index in [2.05, 4.69) is 23.4 Å². The number of carbonyl (C=O) groups excluding carboxylic acids is 2. The van der Waals surface area contributed by atoms with Crippen molar-refractivity contribution in [2.75, 3.05) is 41.3 Å². The molecule has 0 atom stereocenters. The summed E-state index contributed by atoms with van der Waals surface area (Å²) >= 11 is 0. The molecule has 24 heavy (non-hydrogen) atoms. The lowest BCUT2D eigenvalue weighted by molar-refractivity contribution is -0.138. The van der Waals surface area contributed by atoms with Crippen molar-refractivity contribution in [3.8, 4) is 0 Å². The summed E-state index contributed by atoms with van der Waals surface area (Å²) in [5.74, 6) is -0.670. The van der Waals surface area contributed by atoms with Gasteiger partial charge in [-0.05, 0) is 67.3 Å². The normalized spacial score (nSPS) is 9.12. The van der Waals surface area contributed by atoms with Crippen molar-refractivity contribution in [3.63, 3.8) is 0 Å². The van der Waals surface area contributed by atoms with Gasteiger partial charge < -0.3 is 20.7 Å². The number of esters is 1. The van der Waals surface area contributed by atoms with Crippen LogP contribution < -0.4 is 11.1 Å². The van der Waals surface area contributed by atoms with Gasteiger partial charge in [0.25, 0.3) is 0 Å². The van der Waals surface area contributed by atoms with Crippen LogP contribution in [0, 0.1) is 0 Å². The molecule has 6 nitrogen and oxygen atoms in total. The third-order valence-electron chi connectivity index (χ3n) is 2.47. The van der Waals surface area contributed by atoms with E-state index in [1.54, 1.807) is 6.92 Å². The van der Waals surface area contributed by atoms with Gasteiger partial charge in [-0.25, -0.2) is 4.79 Å². The number of nitrogens with two attached hydrogens (primary N) is 1. The molecule has 0 aliphatic heterocycles. The van der Waals surface area contributed by atoms with Crippen molar-refractivity contribution >= 4 is 11.9 Å². The lowest BCUT2D eigenvalue weighted by Gasteiger charge is -2.08. The largest absolute Gasteiger partial charge is 0.462 e. The van der Waals surface area contributed by atoms with Crippen molar-refractivity contribution in [2.45, 2.75) is 39.5 Å². The lowest BCUT2D eigenvalue weighted by Crippen LogP contribution is -2.15. The Bertz CT molecular complexity index is 367. The number of nitrogens with one attached hydrogen (secondary N) is 1. The van der Waals surface area contributed by atoms with E-state index < -0.39 is 0 Å². The summed E-state index contributed by atoms with van der Waals surface area (Å²) in [6.45, 7) is 12.1. The predicted molar refractivity (Wildman–Crippen MR) is 102 cm³/mol. The molecule has 1 amide bonds. The minimum absolute atomic E-state index is 0.295. The fraction of sp³-hybridized carbons (Fsp3) is 0.667. The maximum absolute atomic E-state index is 10.6. The van der Waals surface area contributed by atoms with Gasteiger partial charge in [0.05, 0.1) is 6.61 Å². The van der Waals surface area contributed by atoms with Gasteiger partial charge >= 0.3 is 5.97 Å². The quantitative estimate of drug-likeness (QED) is 0.380. The molecular formula is C18H37N3O3. The molecule has 0 fully saturated rings.